The predicted molar refractivity (Wildman–Crippen MR) is 77.9 cm³/mol. The number of aromatic nitrogens is 1. The molecule has 21 heavy (non-hydrogen) atoms. The first kappa shape index (κ1) is 14.9. The molecule has 1 aromatic carbocycles. The first-order chi connectivity index (χ1) is 9.95. The van der Waals surface area contributed by atoms with Crippen LogP contribution < -0.4 is 5.32 Å². The quantitative estimate of drug-likeness (QED) is 0.851. The summed E-state index contributed by atoms with van der Waals surface area (Å²) in [5, 5.41) is 13.2. The van der Waals surface area contributed by atoms with Crippen LogP contribution in [0.4, 0.5) is 9.52 Å². The van der Waals surface area contributed by atoms with Crippen LogP contribution in [0.1, 0.15) is 21.6 Å². The lowest BCUT2D eigenvalue weighted by molar-refractivity contribution is -0.131. The second kappa shape index (κ2) is 6.27. The number of carbonyl (C=O) groups is 2. The van der Waals surface area contributed by atoms with Gasteiger partial charge in [0.05, 0.1) is 11.3 Å². The monoisotopic (exact) mass is 306 g/mol. The summed E-state index contributed by atoms with van der Waals surface area (Å²) in [6.07, 6.45) is 2.20. The Bertz CT molecular complexity index is 725. The number of carbonyl (C=O) groups excluding carboxylic acids is 1. The molecule has 5 nitrogen and oxygen atoms in total. The van der Waals surface area contributed by atoms with E-state index in [1.807, 2.05) is 0 Å². The molecule has 2 aromatic rings. The van der Waals surface area contributed by atoms with Gasteiger partial charge in [-0.3, -0.25) is 10.1 Å². The van der Waals surface area contributed by atoms with Gasteiger partial charge in [-0.1, -0.05) is 6.07 Å². The average Bonchev–Trinajstić information content (AvgIpc) is 2.83. The van der Waals surface area contributed by atoms with E-state index in [9.17, 15) is 14.0 Å². The number of aliphatic carboxylic acids is 1. The molecule has 7 heteroatoms. The van der Waals surface area contributed by atoms with Gasteiger partial charge in [0.15, 0.2) is 5.13 Å². The maximum Gasteiger partial charge on any atom is 0.328 e. The van der Waals surface area contributed by atoms with Gasteiger partial charge < -0.3 is 5.11 Å². The highest BCUT2D eigenvalue weighted by Crippen LogP contribution is 2.18. The molecule has 1 heterocycles. The van der Waals surface area contributed by atoms with Crippen molar-refractivity contribution in [2.24, 2.45) is 0 Å². The van der Waals surface area contributed by atoms with E-state index in [-0.39, 0.29) is 5.56 Å². The number of nitrogens with zero attached hydrogens (tertiary/aromatic N) is 1. The van der Waals surface area contributed by atoms with Crippen LogP contribution in [0.2, 0.25) is 0 Å². The average molecular weight is 306 g/mol. The highest BCUT2D eigenvalue weighted by molar-refractivity contribution is 7.13. The van der Waals surface area contributed by atoms with Gasteiger partial charge >= 0.3 is 5.97 Å². The summed E-state index contributed by atoms with van der Waals surface area (Å²) in [7, 11) is 0. The van der Waals surface area contributed by atoms with E-state index in [0.29, 0.717) is 10.7 Å². The number of amides is 1. The van der Waals surface area contributed by atoms with Crippen LogP contribution in [-0.4, -0.2) is 22.0 Å². The summed E-state index contributed by atoms with van der Waals surface area (Å²) < 4.78 is 13.7. The van der Waals surface area contributed by atoms with E-state index in [2.05, 4.69) is 10.3 Å². The van der Waals surface area contributed by atoms with Gasteiger partial charge in [-0.15, -0.1) is 11.3 Å². The second-order valence-corrected chi connectivity index (χ2v) is 5.02. The minimum absolute atomic E-state index is 0.171. The molecule has 0 aliphatic heterocycles. The molecule has 2 rings (SSSR count). The third-order valence-corrected chi connectivity index (χ3v) is 3.37. The highest BCUT2D eigenvalue weighted by Gasteiger charge is 2.13. The number of carboxylic acids is 1. The van der Waals surface area contributed by atoms with Crippen molar-refractivity contribution in [3.05, 3.63) is 52.3 Å². The Labute approximate surface area is 123 Å². The molecule has 108 valence electrons. The van der Waals surface area contributed by atoms with Crippen molar-refractivity contribution < 1.29 is 19.1 Å². The molecular weight excluding hydrogens is 295 g/mol. The third-order valence-electron chi connectivity index (χ3n) is 2.49. The number of halogens is 1. The SMILES string of the molecule is Cc1csc(NC(=O)c2cc(C=CC(=O)O)ccc2F)n1. The fourth-order valence-corrected chi connectivity index (χ4v) is 2.25. The fourth-order valence-electron chi connectivity index (χ4n) is 1.56. The number of benzene rings is 1. The molecule has 0 aliphatic carbocycles. The van der Waals surface area contributed by atoms with E-state index < -0.39 is 17.7 Å². The van der Waals surface area contributed by atoms with Gasteiger partial charge in [-0.25, -0.2) is 14.2 Å². The summed E-state index contributed by atoms with van der Waals surface area (Å²) in [6.45, 7) is 1.78. The van der Waals surface area contributed by atoms with Crippen molar-refractivity contribution in [1.29, 1.82) is 0 Å². The van der Waals surface area contributed by atoms with Crippen molar-refractivity contribution >= 4 is 34.4 Å². The van der Waals surface area contributed by atoms with E-state index in [0.717, 1.165) is 17.8 Å². The Hall–Kier alpha value is -2.54. The number of thiazole rings is 1. The number of anilines is 1. The van der Waals surface area contributed by atoms with Crippen molar-refractivity contribution in [3.63, 3.8) is 0 Å². The molecule has 0 unspecified atom stereocenters. The van der Waals surface area contributed by atoms with Crippen LogP contribution >= 0.6 is 11.3 Å². The van der Waals surface area contributed by atoms with Crippen molar-refractivity contribution in [3.8, 4) is 0 Å². The second-order valence-electron chi connectivity index (χ2n) is 4.16. The van der Waals surface area contributed by atoms with E-state index in [1.54, 1.807) is 12.3 Å². The standard InChI is InChI=1S/C14H11FN2O3S/c1-8-7-21-14(16-8)17-13(20)10-6-9(2-4-11(10)15)3-5-12(18)19/h2-7H,1H3,(H,18,19)(H,16,17,20). The van der Waals surface area contributed by atoms with Crippen LogP contribution in [0.5, 0.6) is 0 Å². The molecule has 0 radical (unpaired) electrons. The minimum Gasteiger partial charge on any atom is -0.478 e. The topological polar surface area (TPSA) is 79.3 Å². The van der Waals surface area contributed by atoms with Gasteiger partial charge in [0.1, 0.15) is 5.82 Å². The Balaban J connectivity index is 2.23. The Morgan fingerprint density at radius 3 is 2.81 bits per heavy atom. The fraction of sp³-hybridized carbons (Fsp3) is 0.0714. The highest BCUT2D eigenvalue weighted by atomic mass is 32.1. The summed E-state index contributed by atoms with van der Waals surface area (Å²) in [6, 6.07) is 3.78. The number of nitrogens with one attached hydrogen (secondary N) is 1. The molecule has 0 saturated carbocycles. The molecule has 1 amide bonds. The molecule has 1 aromatic heterocycles. The smallest absolute Gasteiger partial charge is 0.328 e. The zero-order chi connectivity index (χ0) is 15.4. The lowest BCUT2D eigenvalue weighted by Crippen LogP contribution is -2.13. The lowest BCUT2D eigenvalue weighted by Gasteiger charge is -2.04. The summed E-state index contributed by atoms with van der Waals surface area (Å²) in [4.78, 5) is 26.5. The first-order valence-electron chi connectivity index (χ1n) is 5.90. The van der Waals surface area contributed by atoms with Crippen LogP contribution in [0.25, 0.3) is 6.08 Å². The van der Waals surface area contributed by atoms with Crippen LogP contribution in [0.15, 0.2) is 29.7 Å². The molecule has 0 spiro atoms. The predicted octanol–water partition coefficient (Wildman–Crippen LogP) is 2.94. The largest absolute Gasteiger partial charge is 0.478 e. The van der Waals surface area contributed by atoms with Gasteiger partial charge in [-0.2, -0.15) is 0 Å². The normalized spacial score (nSPS) is 10.8. The molecule has 2 N–H and O–H groups in total. The van der Waals surface area contributed by atoms with Gasteiger partial charge in [0.2, 0.25) is 0 Å². The number of carboxylic acid groups (broad SMARTS) is 1. The van der Waals surface area contributed by atoms with E-state index in [4.69, 9.17) is 5.11 Å². The zero-order valence-electron chi connectivity index (χ0n) is 11.0. The van der Waals surface area contributed by atoms with Crippen LogP contribution in [-0.2, 0) is 4.79 Å². The maximum absolute atomic E-state index is 13.7. The lowest BCUT2D eigenvalue weighted by atomic mass is 10.1. The van der Waals surface area contributed by atoms with Gasteiger partial charge in [0.25, 0.3) is 5.91 Å². The zero-order valence-corrected chi connectivity index (χ0v) is 11.8. The van der Waals surface area contributed by atoms with Crippen LogP contribution in [0, 0.1) is 12.7 Å². The Kier molecular flexibility index (Phi) is 4.44. The summed E-state index contributed by atoms with van der Waals surface area (Å²) in [5.74, 6) is -2.44. The molecule has 0 bridgehead atoms. The third kappa shape index (κ3) is 3.96. The summed E-state index contributed by atoms with van der Waals surface area (Å²) >= 11 is 1.24. The van der Waals surface area contributed by atoms with Crippen molar-refractivity contribution in [1.82, 2.24) is 4.98 Å². The number of rotatable bonds is 4. The molecular formula is C14H11FN2O3S. The Morgan fingerprint density at radius 1 is 1.43 bits per heavy atom. The van der Waals surface area contributed by atoms with E-state index >= 15 is 0 Å². The summed E-state index contributed by atoms with van der Waals surface area (Å²) in [5.41, 5.74) is 1.00. The van der Waals surface area contributed by atoms with Crippen LogP contribution in [0.3, 0.4) is 0 Å². The van der Waals surface area contributed by atoms with Gasteiger partial charge in [-0.05, 0) is 30.7 Å². The Morgan fingerprint density at radius 2 is 2.19 bits per heavy atom. The number of hydrogen-bond donors (Lipinski definition) is 2. The minimum atomic E-state index is -1.12. The number of hydrogen-bond acceptors (Lipinski definition) is 4. The molecule has 0 aliphatic rings. The molecule has 0 saturated heterocycles. The number of aryl methyl sites for hydroxylation is 1. The molecule has 0 atom stereocenters. The van der Waals surface area contributed by atoms with Crippen molar-refractivity contribution in [2.75, 3.05) is 5.32 Å². The van der Waals surface area contributed by atoms with E-state index in [1.165, 1.54) is 29.5 Å². The first-order valence-corrected chi connectivity index (χ1v) is 6.77. The molecule has 0 fully saturated rings. The van der Waals surface area contributed by atoms with Gasteiger partial charge in [0, 0.05) is 11.5 Å². The van der Waals surface area contributed by atoms with Crippen molar-refractivity contribution in [2.45, 2.75) is 6.92 Å². The maximum atomic E-state index is 13.7.